The van der Waals surface area contributed by atoms with E-state index >= 15 is 0 Å². The Hall–Kier alpha value is -2.79. The van der Waals surface area contributed by atoms with Crippen molar-refractivity contribution in [1.29, 1.82) is 0 Å². The van der Waals surface area contributed by atoms with Crippen molar-refractivity contribution in [3.8, 4) is 11.3 Å². The third-order valence-corrected chi connectivity index (χ3v) is 5.08. The highest BCUT2D eigenvalue weighted by Gasteiger charge is 2.28. The highest BCUT2D eigenvalue weighted by atomic mass is 35.5. The van der Waals surface area contributed by atoms with E-state index in [0.29, 0.717) is 17.1 Å². The van der Waals surface area contributed by atoms with Crippen molar-refractivity contribution in [2.75, 3.05) is 13.1 Å². The number of halogens is 1. The highest BCUT2D eigenvalue weighted by Crippen LogP contribution is 2.33. The molecule has 0 unspecified atom stereocenters. The van der Waals surface area contributed by atoms with Gasteiger partial charge in [0.15, 0.2) is 0 Å². The molecule has 1 aliphatic heterocycles. The number of rotatable bonds is 3. The van der Waals surface area contributed by atoms with E-state index in [2.05, 4.69) is 15.0 Å². The van der Waals surface area contributed by atoms with E-state index < -0.39 is 0 Å². The molecular formula is C21H19ClN4O. The summed E-state index contributed by atoms with van der Waals surface area (Å²) in [5.74, 6) is 0.183. The number of pyridine rings is 1. The van der Waals surface area contributed by atoms with Crippen LogP contribution in [0.3, 0.4) is 0 Å². The van der Waals surface area contributed by atoms with Gasteiger partial charge in [-0.3, -0.25) is 19.7 Å². The molecule has 5 nitrogen and oxygen atoms in total. The monoisotopic (exact) mass is 378 g/mol. The van der Waals surface area contributed by atoms with E-state index in [4.69, 9.17) is 11.6 Å². The van der Waals surface area contributed by atoms with Gasteiger partial charge in [-0.05, 0) is 37.1 Å². The molecule has 1 aromatic carbocycles. The molecule has 0 saturated carbocycles. The van der Waals surface area contributed by atoms with Crippen LogP contribution in [-0.4, -0.2) is 38.8 Å². The Balaban J connectivity index is 1.62. The van der Waals surface area contributed by atoms with Crippen LogP contribution in [0.25, 0.3) is 11.3 Å². The van der Waals surface area contributed by atoms with Gasteiger partial charge in [-0.25, -0.2) is 0 Å². The minimum absolute atomic E-state index is 0.0373. The molecule has 0 radical (unpaired) electrons. The summed E-state index contributed by atoms with van der Waals surface area (Å²) in [4.78, 5) is 27.9. The topological polar surface area (TPSA) is 59.0 Å². The van der Waals surface area contributed by atoms with Crippen LogP contribution < -0.4 is 0 Å². The average Bonchev–Trinajstić information content (AvgIpc) is 2.74. The number of aromatic nitrogens is 3. The summed E-state index contributed by atoms with van der Waals surface area (Å²) >= 11 is 6.16. The summed E-state index contributed by atoms with van der Waals surface area (Å²) in [5.41, 5.74) is 3.37. The average molecular weight is 379 g/mol. The maximum Gasteiger partial charge on any atom is 0.253 e. The number of carbonyl (C=O) groups excluding carboxylic acids is 1. The maximum atomic E-state index is 12.8. The number of nitrogens with zero attached hydrogens (tertiary/aromatic N) is 4. The fraction of sp³-hybridized carbons (Fsp3) is 0.238. The van der Waals surface area contributed by atoms with Crippen LogP contribution in [0, 0.1) is 0 Å². The second-order valence-electron chi connectivity index (χ2n) is 6.63. The minimum Gasteiger partial charge on any atom is -0.338 e. The smallest absolute Gasteiger partial charge is 0.253 e. The minimum atomic E-state index is 0.0373. The lowest BCUT2D eigenvalue weighted by Gasteiger charge is -2.33. The van der Waals surface area contributed by atoms with Crippen molar-refractivity contribution in [3.05, 3.63) is 77.5 Å². The zero-order valence-electron chi connectivity index (χ0n) is 14.8. The van der Waals surface area contributed by atoms with Crippen molar-refractivity contribution >= 4 is 17.5 Å². The molecule has 1 atom stereocenters. The predicted octanol–water partition coefficient (Wildman–Crippen LogP) is 4.21. The molecule has 0 aliphatic carbocycles. The molecule has 136 valence electrons. The van der Waals surface area contributed by atoms with Crippen LogP contribution in [0.15, 0.2) is 61.2 Å². The van der Waals surface area contributed by atoms with Gasteiger partial charge >= 0.3 is 0 Å². The highest BCUT2D eigenvalue weighted by molar-refractivity contribution is 6.30. The first-order valence-electron chi connectivity index (χ1n) is 8.98. The van der Waals surface area contributed by atoms with Crippen molar-refractivity contribution in [3.63, 3.8) is 0 Å². The van der Waals surface area contributed by atoms with E-state index in [1.807, 2.05) is 29.2 Å². The van der Waals surface area contributed by atoms with E-state index in [0.717, 1.165) is 36.3 Å². The van der Waals surface area contributed by atoms with E-state index in [1.54, 1.807) is 36.9 Å². The fourth-order valence-electron chi connectivity index (χ4n) is 3.57. The molecule has 0 bridgehead atoms. The first kappa shape index (κ1) is 17.6. The van der Waals surface area contributed by atoms with Gasteiger partial charge in [-0.15, -0.1) is 0 Å². The second kappa shape index (κ2) is 7.84. The first-order chi connectivity index (χ1) is 13.2. The number of carbonyl (C=O) groups is 1. The van der Waals surface area contributed by atoms with Crippen LogP contribution in [0.4, 0.5) is 0 Å². The zero-order chi connectivity index (χ0) is 18.6. The lowest BCUT2D eigenvalue weighted by molar-refractivity contribution is 0.0706. The fourth-order valence-corrected chi connectivity index (χ4v) is 3.76. The molecule has 2 aromatic heterocycles. The molecule has 3 heterocycles. The van der Waals surface area contributed by atoms with E-state index in [-0.39, 0.29) is 11.8 Å². The summed E-state index contributed by atoms with van der Waals surface area (Å²) < 4.78 is 0. The van der Waals surface area contributed by atoms with E-state index in [9.17, 15) is 4.79 Å². The lowest BCUT2D eigenvalue weighted by Crippen LogP contribution is -2.39. The summed E-state index contributed by atoms with van der Waals surface area (Å²) in [5, 5.41) is 0.669. The lowest BCUT2D eigenvalue weighted by atomic mass is 9.91. The molecule has 27 heavy (non-hydrogen) atoms. The Bertz CT molecular complexity index is 948. The Kier molecular flexibility index (Phi) is 5.12. The first-order valence-corrected chi connectivity index (χ1v) is 9.36. The van der Waals surface area contributed by atoms with Crippen molar-refractivity contribution in [2.24, 2.45) is 0 Å². The summed E-state index contributed by atoms with van der Waals surface area (Å²) in [7, 11) is 0. The van der Waals surface area contributed by atoms with Crippen molar-refractivity contribution in [2.45, 2.75) is 18.8 Å². The maximum absolute atomic E-state index is 12.8. The number of hydrogen-bond donors (Lipinski definition) is 0. The van der Waals surface area contributed by atoms with Gasteiger partial charge in [-0.2, -0.15) is 0 Å². The van der Waals surface area contributed by atoms with Gasteiger partial charge in [0.25, 0.3) is 5.91 Å². The molecule has 0 spiro atoms. The second-order valence-corrected chi connectivity index (χ2v) is 7.06. The molecule has 6 heteroatoms. The van der Waals surface area contributed by atoms with E-state index in [1.165, 1.54) is 0 Å². The van der Waals surface area contributed by atoms with Gasteiger partial charge in [0.05, 0.1) is 11.4 Å². The molecular weight excluding hydrogens is 360 g/mol. The third kappa shape index (κ3) is 3.83. The quantitative estimate of drug-likeness (QED) is 0.685. The number of hydrogen-bond acceptors (Lipinski definition) is 4. The third-order valence-electron chi connectivity index (χ3n) is 4.85. The van der Waals surface area contributed by atoms with Crippen LogP contribution in [0.2, 0.25) is 5.02 Å². The standard InChI is InChI=1S/C21H19ClN4O/c22-18-5-1-3-16(13-18)19-20(25-11-10-24-19)17-4-2-12-26(14-17)21(27)15-6-8-23-9-7-15/h1,3,5-11,13,17H,2,4,12,14H2/t17-/m1/s1. The van der Waals surface area contributed by atoms with Gasteiger partial charge < -0.3 is 4.90 Å². The van der Waals surface area contributed by atoms with Gasteiger partial charge in [0, 0.05) is 59.9 Å². The molecule has 0 N–H and O–H groups in total. The number of likely N-dealkylation sites (tertiary alicyclic amines) is 1. The van der Waals surface area contributed by atoms with Crippen LogP contribution in [-0.2, 0) is 0 Å². The zero-order valence-corrected chi connectivity index (χ0v) is 15.5. The number of amides is 1. The van der Waals surface area contributed by atoms with Crippen molar-refractivity contribution in [1.82, 2.24) is 19.9 Å². The predicted molar refractivity (Wildman–Crippen MR) is 105 cm³/mol. The molecule has 1 amide bonds. The Labute approximate surface area is 163 Å². The van der Waals surface area contributed by atoms with Crippen LogP contribution in [0.1, 0.15) is 34.8 Å². The normalized spacial score (nSPS) is 16.9. The number of piperidine rings is 1. The van der Waals surface area contributed by atoms with Gasteiger partial charge in [0.1, 0.15) is 0 Å². The Morgan fingerprint density at radius 2 is 1.89 bits per heavy atom. The molecule has 1 saturated heterocycles. The van der Waals surface area contributed by atoms with Crippen molar-refractivity contribution < 1.29 is 4.79 Å². The summed E-state index contributed by atoms with van der Waals surface area (Å²) in [6.45, 7) is 1.39. The molecule has 1 fully saturated rings. The molecule has 3 aromatic rings. The Morgan fingerprint density at radius 1 is 1.07 bits per heavy atom. The molecule has 4 rings (SSSR count). The Morgan fingerprint density at radius 3 is 2.70 bits per heavy atom. The summed E-state index contributed by atoms with van der Waals surface area (Å²) in [6, 6.07) is 11.2. The van der Waals surface area contributed by atoms with Crippen LogP contribution in [0.5, 0.6) is 0 Å². The summed E-state index contributed by atoms with van der Waals surface area (Å²) in [6.07, 6.45) is 8.62. The largest absolute Gasteiger partial charge is 0.338 e. The van der Waals surface area contributed by atoms with Crippen LogP contribution >= 0.6 is 11.6 Å². The van der Waals surface area contributed by atoms with Gasteiger partial charge in [-0.1, -0.05) is 23.7 Å². The number of benzene rings is 1. The van der Waals surface area contributed by atoms with Gasteiger partial charge in [0.2, 0.25) is 0 Å². The molecule has 1 aliphatic rings. The SMILES string of the molecule is O=C(c1ccncc1)N1CCC[C@@H](c2nccnc2-c2cccc(Cl)c2)C1.